The predicted octanol–water partition coefficient (Wildman–Crippen LogP) is 7.52. The molecule has 158 valence electrons. The van der Waals surface area contributed by atoms with Gasteiger partial charge in [0, 0.05) is 25.9 Å². The second-order valence-corrected chi connectivity index (χ2v) is 10.1. The summed E-state index contributed by atoms with van der Waals surface area (Å²) in [4.78, 5) is 0. The summed E-state index contributed by atoms with van der Waals surface area (Å²) in [5.74, 6) is 0. The van der Waals surface area contributed by atoms with Gasteiger partial charge in [-0.2, -0.15) is 0 Å². The zero-order valence-corrected chi connectivity index (χ0v) is 19.5. The molecule has 0 aliphatic heterocycles. The second-order valence-electron chi connectivity index (χ2n) is 7.39. The third kappa shape index (κ3) is 15.2. The lowest BCUT2D eigenvalue weighted by molar-refractivity contribution is 0.0650. The van der Waals surface area contributed by atoms with Gasteiger partial charge in [-0.05, 0) is 26.7 Å². The van der Waals surface area contributed by atoms with Gasteiger partial charge in [0.05, 0.1) is 0 Å². The van der Waals surface area contributed by atoms with E-state index < -0.39 is 8.80 Å². The molecule has 0 fully saturated rings. The first-order chi connectivity index (χ1) is 12.7. The first-order valence-corrected chi connectivity index (χ1v) is 13.6. The van der Waals surface area contributed by atoms with Crippen molar-refractivity contribution in [3.63, 3.8) is 0 Å². The van der Waals surface area contributed by atoms with Crippen LogP contribution in [-0.2, 0) is 13.3 Å². The van der Waals surface area contributed by atoms with Crippen LogP contribution in [0, 0.1) is 0 Å². The molecule has 0 saturated heterocycles. The first kappa shape index (κ1) is 26.1. The van der Waals surface area contributed by atoms with E-state index in [-0.39, 0.29) is 0 Å². The third-order valence-corrected chi connectivity index (χ3v) is 7.95. The molecule has 0 amide bonds. The molecule has 3 nitrogen and oxygen atoms in total. The normalized spacial score (nSPS) is 12.0. The Morgan fingerprint density at radius 3 is 1.35 bits per heavy atom. The number of hydrogen-bond donors (Lipinski definition) is 0. The fourth-order valence-electron chi connectivity index (χ4n) is 3.37. The first-order valence-electron chi connectivity index (χ1n) is 11.7. The standard InChI is InChI=1S/C22H48O3Si/c1-5-9-11-13-15-16-17-19-21-25-26(23-7-3,24-8-4)22-20-18-14-12-10-6-2/h5-22H2,1-4H3. The molecule has 0 aliphatic carbocycles. The van der Waals surface area contributed by atoms with Gasteiger partial charge in [-0.3, -0.25) is 0 Å². The van der Waals surface area contributed by atoms with Crippen molar-refractivity contribution in [3.05, 3.63) is 0 Å². The highest BCUT2D eigenvalue weighted by Crippen LogP contribution is 2.21. The van der Waals surface area contributed by atoms with Gasteiger partial charge >= 0.3 is 8.80 Å². The Balaban J connectivity index is 4.00. The summed E-state index contributed by atoms with van der Waals surface area (Å²) in [6, 6.07) is 0.984. The number of unbranched alkanes of at least 4 members (excludes halogenated alkanes) is 12. The van der Waals surface area contributed by atoms with Crippen LogP contribution in [0.25, 0.3) is 0 Å². The van der Waals surface area contributed by atoms with Gasteiger partial charge < -0.3 is 13.3 Å². The van der Waals surface area contributed by atoms with Crippen LogP contribution >= 0.6 is 0 Å². The van der Waals surface area contributed by atoms with Crippen molar-refractivity contribution in [2.75, 3.05) is 19.8 Å². The smallest absolute Gasteiger partial charge is 0.374 e. The van der Waals surface area contributed by atoms with E-state index >= 15 is 0 Å². The van der Waals surface area contributed by atoms with Crippen molar-refractivity contribution in [1.82, 2.24) is 0 Å². The number of hydrogen-bond acceptors (Lipinski definition) is 3. The molecule has 0 spiro atoms. The summed E-state index contributed by atoms with van der Waals surface area (Å²) in [5, 5.41) is 0. The highest BCUT2D eigenvalue weighted by molar-refractivity contribution is 6.60. The lowest BCUT2D eigenvalue weighted by atomic mass is 10.1. The molecule has 0 atom stereocenters. The van der Waals surface area contributed by atoms with Gasteiger partial charge in [-0.15, -0.1) is 0 Å². The topological polar surface area (TPSA) is 27.7 Å². The van der Waals surface area contributed by atoms with E-state index in [0.29, 0.717) is 13.2 Å². The fourth-order valence-corrected chi connectivity index (χ4v) is 6.07. The molecule has 0 aromatic carbocycles. The van der Waals surface area contributed by atoms with Gasteiger partial charge in [0.25, 0.3) is 0 Å². The predicted molar refractivity (Wildman–Crippen MR) is 116 cm³/mol. The van der Waals surface area contributed by atoms with E-state index in [1.165, 1.54) is 83.5 Å². The van der Waals surface area contributed by atoms with Crippen LogP contribution in [0.1, 0.15) is 118 Å². The Kier molecular flexibility index (Phi) is 19.9. The summed E-state index contributed by atoms with van der Waals surface area (Å²) in [7, 11) is -2.45. The molecule has 0 rings (SSSR count). The maximum Gasteiger partial charge on any atom is 0.500 e. The lowest BCUT2D eigenvalue weighted by Gasteiger charge is -2.29. The minimum atomic E-state index is -2.45. The summed E-state index contributed by atoms with van der Waals surface area (Å²) in [6.45, 7) is 10.8. The van der Waals surface area contributed by atoms with E-state index in [9.17, 15) is 0 Å². The quantitative estimate of drug-likeness (QED) is 0.150. The molecule has 0 N–H and O–H groups in total. The Morgan fingerprint density at radius 2 is 0.885 bits per heavy atom. The van der Waals surface area contributed by atoms with Crippen molar-refractivity contribution >= 4 is 8.80 Å². The maximum absolute atomic E-state index is 6.28. The maximum atomic E-state index is 6.28. The van der Waals surface area contributed by atoms with Gasteiger partial charge in [-0.1, -0.05) is 90.9 Å². The molecule has 26 heavy (non-hydrogen) atoms. The molecular weight excluding hydrogens is 340 g/mol. The lowest BCUT2D eigenvalue weighted by Crippen LogP contribution is -2.46. The van der Waals surface area contributed by atoms with Crippen LogP contribution in [-0.4, -0.2) is 28.6 Å². The highest BCUT2D eigenvalue weighted by atomic mass is 28.4. The molecule has 0 aromatic heterocycles. The minimum absolute atomic E-state index is 0.694. The number of rotatable bonds is 21. The van der Waals surface area contributed by atoms with Gasteiger partial charge in [-0.25, -0.2) is 0 Å². The summed E-state index contributed by atoms with van der Waals surface area (Å²) < 4.78 is 18.4. The monoisotopic (exact) mass is 388 g/mol. The zero-order valence-electron chi connectivity index (χ0n) is 18.5. The Labute approximate surface area is 165 Å². The SMILES string of the molecule is CCCCCCCCCCO[Si](CCCCCCCC)(OCC)OCC. The van der Waals surface area contributed by atoms with Crippen molar-refractivity contribution in [3.8, 4) is 0 Å². The second kappa shape index (κ2) is 19.8. The van der Waals surface area contributed by atoms with Crippen molar-refractivity contribution < 1.29 is 13.3 Å². The molecule has 0 radical (unpaired) electrons. The van der Waals surface area contributed by atoms with Gasteiger partial charge in [0.2, 0.25) is 0 Å². The van der Waals surface area contributed by atoms with E-state index in [1.54, 1.807) is 0 Å². The van der Waals surface area contributed by atoms with Crippen LogP contribution in [0.4, 0.5) is 0 Å². The average molecular weight is 389 g/mol. The largest absolute Gasteiger partial charge is 0.500 e. The van der Waals surface area contributed by atoms with Crippen LogP contribution in [0.5, 0.6) is 0 Å². The van der Waals surface area contributed by atoms with Gasteiger partial charge in [0.1, 0.15) is 0 Å². The average Bonchev–Trinajstić information content (AvgIpc) is 2.64. The van der Waals surface area contributed by atoms with Gasteiger partial charge in [0.15, 0.2) is 0 Å². The molecule has 0 unspecified atom stereocenters. The fraction of sp³-hybridized carbons (Fsp3) is 1.00. The van der Waals surface area contributed by atoms with E-state index in [4.69, 9.17) is 13.3 Å². The van der Waals surface area contributed by atoms with Crippen LogP contribution in [0.2, 0.25) is 6.04 Å². The minimum Gasteiger partial charge on any atom is -0.374 e. The van der Waals surface area contributed by atoms with E-state index in [2.05, 4.69) is 27.7 Å². The Bertz CT molecular complexity index is 268. The molecule has 0 aliphatic rings. The highest BCUT2D eigenvalue weighted by Gasteiger charge is 2.39. The molecular formula is C22H48O3Si. The third-order valence-electron chi connectivity index (χ3n) is 4.88. The Hall–Kier alpha value is 0.0969. The zero-order chi connectivity index (χ0) is 19.3. The molecule has 0 heterocycles. The Morgan fingerprint density at radius 1 is 0.462 bits per heavy atom. The van der Waals surface area contributed by atoms with Crippen molar-refractivity contribution in [2.45, 2.75) is 124 Å². The molecule has 0 saturated carbocycles. The van der Waals surface area contributed by atoms with E-state index in [1.807, 2.05) is 0 Å². The summed E-state index contributed by atoms with van der Waals surface area (Å²) in [6.07, 6.45) is 18.4. The van der Waals surface area contributed by atoms with Crippen LogP contribution in [0.15, 0.2) is 0 Å². The molecule has 0 bridgehead atoms. The summed E-state index contributed by atoms with van der Waals surface area (Å²) in [5.41, 5.74) is 0. The van der Waals surface area contributed by atoms with Crippen LogP contribution < -0.4 is 0 Å². The van der Waals surface area contributed by atoms with E-state index in [0.717, 1.165) is 19.1 Å². The molecule has 4 heteroatoms. The van der Waals surface area contributed by atoms with Crippen LogP contribution in [0.3, 0.4) is 0 Å². The molecule has 0 aromatic rings. The van der Waals surface area contributed by atoms with Crippen molar-refractivity contribution in [1.29, 1.82) is 0 Å². The van der Waals surface area contributed by atoms with Crippen molar-refractivity contribution in [2.24, 2.45) is 0 Å². The summed E-state index contributed by atoms with van der Waals surface area (Å²) >= 11 is 0.